The van der Waals surface area contributed by atoms with Gasteiger partial charge in [-0.3, -0.25) is 4.79 Å². The summed E-state index contributed by atoms with van der Waals surface area (Å²) < 4.78 is 5.81. The van der Waals surface area contributed by atoms with Crippen molar-refractivity contribution in [3.05, 3.63) is 104 Å². The van der Waals surface area contributed by atoms with E-state index in [1.54, 1.807) is 18.5 Å². The van der Waals surface area contributed by atoms with Gasteiger partial charge < -0.3 is 15.8 Å². The highest BCUT2D eigenvalue weighted by atomic mass is 16.5. The molecule has 35 heavy (non-hydrogen) atoms. The number of carbonyl (C=O) groups is 1. The average molecular weight is 460 g/mol. The Bertz CT molecular complexity index is 1530. The van der Waals surface area contributed by atoms with Gasteiger partial charge in [-0.2, -0.15) is 0 Å². The molecule has 0 saturated carbocycles. The maximum Gasteiger partial charge on any atom is 0.247 e. The predicted molar refractivity (Wildman–Crippen MR) is 138 cm³/mol. The summed E-state index contributed by atoms with van der Waals surface area (Å²) >= 11 is 0. The number of nitrogens with one attached hydrogen (secondary N) is 1. The normalized spacial score (nSPS) is 10.6. The molecule has 170 valence electrons. The van der Waals surface area contributed by atoms with Gasteiger partial charge in [-0.1, -0.05) is 36.9 Å². The molecule has 0 bridgehead atoms. The lowest BCUT2D eigenvalue weighted by molar-refractivity contribution is -0.111. The molecule has 2 heterocycles. The Labute approximate surface area is 202 Å². The van der Waals surface area contributed by atoms with Crippen LogP contribution in [0.25, 0.3) is 33.2 Å². The second-order valence-electron chi connectivity index (χ2n) is 7.74. The fourth-order valence-electron chi connectivity index (χ4n) is 3.82. The van der Waals surface area contributed by atoms with Gasteiger partial charge in [0.05, 0.1) is 11.2 Å². The molecule has 3 N–H and O–H groups in total. The number of nitrogen functional groups attached to an aromatic ring is 1. The zero-order valence-corrected chi connectivity index (χ0v) is 18.7. The first kappa shape index (κ1) is 21.8. The summed E-state index contributed by atoms with van der Waals surface area (Å²) in [6.07, 6.45) is 6.13. The van der Waals surface area contributed by atoms with E-state index in [0.717, 1.165) is 33.2 Å². The minimum Gasteiger partial charge on any atom is -0.439 e. The van der Waals surface area contributed by atoms with Gasteiger partial charge in [-0.15, -0.1) is 0 Å². The number of hydrogen-bond acceptors (Lipinski definition) is 6. The van der Waals surface area contributed by atoms with Crippen LogP contribution in [0.15, 0.2) is 104 Å². The van der Waals surface area contributed by atoms with Gasteiger partial charge in [0.25, 0.3) is 0 Å². The molecule has 0 unspecified atom stereocenters. The van der Waals surface area contributed by atoms with Crippen LogP contribution in [0.4, 0.5) is 11.4 Å². The van der Waals surface area contributed by atoms with E-state index in [4.69, 9.17) is 10.5 Å². The van der Waals surface area contributed by atoms with Crippen LogP contribution in [0.5, 0.6) is 11.6 Å². The summed E-state index contributed by atoms with van der Waals surface area (Å²) in [6, 6.07) is 22.7. The third-order valence-electron chi connectivity index (χ3n) is 5.49. The van der Waals surface area contributed by atoms with Crippen LogP contribution in [0.1, 0.15) is 0 Å². The first-order chi connectivity index (χ1) is 17.1. The van der Waals surface area contributed by atoms with Gasteiger partial charge in [-0.05, 0) is 53.6 Å². The number of nitrogens with two attached hydrogens (primary N) is 1. The van der Waals surface area contributed by atoms with Crippen molar-refractivity contribution in [1.82, 2.24) is 15.0 Å². The van der Waals surface area contributed by atoms with Crippen molar-refractivity contribution < 1.29 is 9.53 Å². The van der Waals surface area contributed by atoms with Crippen LogP contribution in [0.3, 0.4) is 0 Å². The van der Waals surface area contributed by atoms with Crippen LogP contribution in [-0.2, 0) is 4.79 Å². The van der Waals surface area contributed by atoms with Gasteiger partial charge in [0.1, 0.15) is 12.1 Å². The number of carbonyl (C=O) groups excluding carboxylic acids is 1. The number of anilines is 2. The molecule has 2 aromatic heterocycles. The van der Waals surface area contributed by atoms with Crippen molar-refractivity contribution in [3.63, 3.8) is 0 Å². The van der Waals surface area contributed by atoms with E-state index in [2.05, 4.69) is 26.8 Å². The molecule has 0 saturated heterocycles. The van der Waals surface area contributed by atoms with Crippen molar-refractivity contribution in [1.29, 1.82) is 0 Å². The van der Waals surface area contributed by atoms with Crippen LogP contribution < -0.4 is 15.8 Å². The van der Waals surface area contributed by atoms with E-state index in [9.17, 15) is 4.79 Å². The number of benzene rings is 3. The Kier molecular flexibility index (Phi) is 5.88. The number of ether oxygens (including phenoxy) is 1. The van der Waals surface area contributed by atoms with E-state index in [1.807, 2.05) is 66.7 Å². The molecule has 0 fully saturated rings. The molecule has 7 nitrogen and oxygen atoms in total. The maximum atomic E-state index is 11.8. The van der Waals surface area contributed by atoms with Crippen molar-refractivity contribution in [2.24, 2.45) is 0 Å². The fraction of sp³-hybridized carbons (Fsp3) is 0. The van der Waals surface area contributed by atoms with Gasteiger partial charge in [0.15, 0.2) is 0 Å². The number of aromatic nitrogens is 3. The number of hydrogen-bond donors (Lipinski definition) is 2. The quantitative estimate of drug-likeness (QED) is 0.244. The third-order valence-corrected chi connectivity index (χ3v) is 5.49. The fourth-order valence-corrected chi connectivity index (χ4v) is 3.82. The predicted octanol–water partition coefficient (Wildman–Crippen LogP) is 5.86. The molecular formula is C28H21N5O2. The molecule has 3 aromatic carbocycles. The zero-order chi connectivity index (χ0) is 24.2. The SMILES string of the molecule is C=CC(=O)Nc1cccc(-c2cc(-c3ccc(Oc4ccccn4)cc3)c(N)c3cncnc23)c1. The number of fused-ring (bicyclic) bond motifs is 1. The van der Waals surface area contributed by atoms with Crippen molar-refractivity contribution in [2.75, 3.05) is 11.1 Å². The minimum absolute atomic E-state index is 0.277. The molecule has 1 amide bonds. The van der Waals surface area contributed by atoms with Crippen LogP contribution in [-0.4, -0.2) is 20.9 Å². The van der Waals surface area contributed by atoms with Crippen molar-refractivity contribution in [2.45, 2.75) is 0 Å². The summed E-state index contributed by atoms with van der Waals surface area (Å²) in [6.45, 7) is 3.51. The smallest absolute Gasteiger partial charge is 0.247 e. The molecule has 0 aliphatic rings. The first-order valence-corrected chi connectivity index (χ1v) is 10.9. The van der Waals surface area contributed by atoms with E-state index >= 15 is 0 Å². The average Bonchev–Trinajstić information content (AvgIpc) is 2.90. The Morgan fingerprint density at radius 3 is 2.57 bits per heavy atom. The van der Waals surface area contributed by atoms with E-state index in [1.165, 1.54) is 12.4 Å². The Morgan fingerprint density at radius 1 is 0.943 bits per heavy atom. The van der Waals surface area contributed by atoms with Gasteiger partial charge in [-0.25, -0.2) is 15.0 Å². The number of pyridine rings is 1. The largest absolute Gasteiger partial charge is 0.439 e. The Hall–Kier alpha value is -5.04. The summed E-state index contributed by atoms with van der Waals surface area (Å²) in [4.78, 5) is 24.7. The van der Waals surface area contributed by atoms with Gasteiger partial charge >= 0.3 is 0 Å². The lowest BCUT2D eigenvalue weighted by atomic mass is 9.94. The number of nitrogens with zero attached hydrogens (tertiary/aromatic N) is 3. The third kappa shape index (κ3) is 4.56. The summed E-state index contributed by atoms with van der Waals surface area (Å²) in [7, 11) is 0. The molecule has 0 aliphatic heterocycles. The second kappa shape index (κ2) is 9.44. The molecule has 5 rings (SSSR count). The Morgan fingerprint density at radius 2 is 1.80 bits per heavy atom. The molecule has 7 heteroatoms. The van der Waals surface area contributed by atoms with Crippen molar-refractivity contribution in [3.8, 4) is 33.9 Å². The summed E-state index contributed by atoms with van der Waals surface area (Å²) in [5.41, 5.74) is 12.1. The zero-order valence-electron chi connectivity index (χ0n) is 18.7. The summed E-state index contributed by atoms with van der Waals surface area (Å²) in [5.74, 6) is 0.912. The van der Waals surface area contributed by atoms with Crippen LogP contribution >= 0.6 is 0 Å². The highest BCUT2D eigenvalue weighted by molar-refractivity contribution is 6.06. The number of rotatable bonds is 6. The Balaban J connectivity index is 1.58. The van der Waals surface area contributed by atoms with E-state index in [-0.39, 0.29) is 5.91 Å². The van der Waals surface area contributed by atoms with Crippen molar-refractivity contribution >= 4 is 28.2 Å². The van der Waals surface area contributed by atoms with Crippen LogP contribution in [0, 0.1) is 0 Å². The monoisotopic (exact) mass is 459 g/mol. The molecule has 0 radical (unpaired) electrons. The molecule has 0 spiro atoms. The molecule has 5 aromatic rings. The molecule has 0 atom stereocenters. The standard InChI is InChI=1S/C28H21N5O2/c1-2-25(34)33-20-7-5-6-19(14-20)23-15-22(27(29)24-16-30-17-32-28(23)24)18-9-11-21(12-10-18)35-26-8-3-4-13-31-26/h2-17H,1,29H2,(H,33,34). The van der Waals surface area contributed by atoms with Gasteiger partial charge in [0, 0.05) is 40.7 Å². The lowest BCUT2D eigenvalue weighted by Crippen LogP contribution is -2.07. The summed E-state index contributed by atoms with van der Waals surface area (Å²) in [5, 5.41) is 3.54. The first-order valence-electron chi connectivity index (χ1n) is 10.9. The van der Waals surface area contributed by atoms with E-state index in [0.29, 0.717) is 23.0 Å². The topological polar surface area (TPSA) is 103 Å². The number of amides is 1. The minimum atomic E-state index is -0.277. The highest BCUT2D eigenvalue weighted by Gasteiger charge is 2.15. The molecule has 0 aliphatic carbocycles. The highest BCUT2D eigenvalue weighted by Crippen LogP contribution is 2.39. The second-order valence-corrected chi connectivity index (χ2v) is 7.74. The lowest BCUT2D eigenvalue weighted by Gasteiger charge is -2.15. The van der Waals surface area contributed by atoms with Gasteiger partial charge in [0.2, 0.25) is 11.8 Å². The van der Waals surface area contributed by atoms with Crippen LogP contribution in [0.2, 0.25) is 0 Å². The maximum absolute atomic E-state index is 11.8. The molecular weight excluding hydrogens is 438 g/mol. The van der Waals surface area contributed by atoms with E-state index < -0.39 is 0 Å².